The van der Waals surface area contributed by atoms with Gasteiger partial charge in [-0.25, -0.2) is 0 Å². The van der Waals surface area contributed by atoms with Gasteiger partial charge in [0, 0.05) is 0 Å². The van der Waals surface area contributed by atoms with Crippen LogP contribution in [-0.2, 0) is 9.53 Å². The van der Waals surface area contributed by atoms with E-state index in [2.05, 4.69) is 6.92 Å². The highest BCUT2D eigenvalue weighted by molar-refractivity contribution is 7.98. The number of unbranched alkanes of at least 4 members (excludes halogenated alkanes) is 11. The van der Waals surface area contributed by atoms with Crippen LogP contribution in [-0.4, -0.2) is 59.0 Å². The topological polar surface area (TPSA) is 66.8 Å². The monoisotopic (exact) mass is 464 g/mol. The number of aliphatic hydroxyl groups excluding tert-OH is 2. The molecule has 0 aromatic rings. The molecule has 4 nitrogen and oxygen atoms in total. The van der Waals surface area contributed by atoms with Crippen LogP contribution in [0, 0.1) is 5.92 Å². The Hall–Kier alpha value is 0.0900. The van der Waals surface area contributed by atoms with Gasteiger partial charge >= 0.3 is 5.97 Å². The molecule has 3 unspecified atom stereocenters. The Balaban J connectivity index is 3.87. The molecule has 0 amide bonds. The van der Waals surface area contributed by atoms with Gasteiger partial charge in [0.2, 0.25) is 0 Å². The van der Waals surface area contributed by atoms with E-state index in [1.165, 1.54) is 64.2 Å². The highest BCUT2D eigenvalue weighted by Crippen LogP contribution is 2.20. The average Bonchev–Trinajstić information content (AvgIpc) is 2.75. The van der Waals surface area contributed by atoms with E-state index in [1.54, 1.807) is 23.5 Å². The van der Waals surface area contributed by atoms with Crippen LogP contribution in [0.5, 0.6) is 0 Å². The maximum atomic E-state index is 12.5. The Kier molecular flexibility index (Phi) is 22.4. The fraction of sp³-hybridized carbons (Fsp3) is 0.958. The third kappa shape index (κ3) is 16.7. The normalized spacial score (nSPS) is 14.4. The second-order valence-electron chi connectivity index (χ2n) is 8.28. The Morgan fingerprint density at radius 1 is 0.767 bits per heavy atom. The van der Waals surface area contributed by atoms with Crippen LogP contribution in [0.4, 0.5) is 0 Å². The number of ether oxygens (including phenoxy) is 1. The molecule has 2 N–H and O–H groups in total. The van der Waals surface area contributed by atoms with Gasteiger partial charge in [-0.05, 0) is 43.3 Å². The summed E-state index contributed by atoms with van der Waals surface area (Å²) in [6.07, 6.45) is 18.3. The Morgan fingerprint density at radius 3 is 1.73 bits per heavy atom. The van der Waals surface area contributed by atoms with E-state index >= 15 is 0 Å². The maximum Gasteiger partial charge on any atom is 0.311 e. The molecule has 3 atom stereocenters. The summed E-state index contributed by atoms with van der Waals surface area (Å²) in [4.78, 5) is 12.5. The highest BCUT2D eigenvalue weighted by atomic mass is 32.2. The van der Waals surface area contributed by atoms with Gasteiger partial charge in [-0.3, -0.25) is 4.79 Å². The van der Waals surface area contributed by atoms with Gasteiger partial charge < -0.3 is 14.9 Å². The first-order valence-corrected chi connectivity index (χ1v) is 14.9. The van der Waals surface area contributed by atoms with Gasteiger partial charge in [0.25, 0.3) is 0 Å². The summed E-state index contributed by atoms with van der Waals surface area (Å²) in [5.74, 6) is 0.543. The lowest BCUT2D eigenvalue weighted by Crippen LogP contribution is -2.39. The van der Waals surface area contributed by atoms with Gasteiger partial charge in [-0.1, -0.05) is 77.6 Å². The van der Waals surface area contributed by atoms with Crippen molar-refractivity contribution in [1.82, 2.24) is 0 Å². The molecule has 0 spiro atoms. The number of hydrogen-bond donors (Lipinski definition) is 2. The summed E-state index contributed by atoms with van der Waals surface area (Å²) in [5, 5.41) is 20.6. The van der Waals surface area contributed by atoms with Gasteiger partial charge in [0.15, 0.2) is 0 Å². The van der Waals surface area contributed by atoms with Gasteiger partial charge in [-0.15, -0.1) is 0 Å². The van der Waals surface area contributed by atoms with Crippen LogP contribution in [0.2, 0.25) is 0 Å². The minimum Gasteiger partial charge on any atom is -0.465 e. The fourth-order valence-corrected chi connectivity index (χ4v) is 4.54. The molecule has 30 heavy (non-hydrogen) atoms. The summed E-state index contributed by atoms with van der Waals surface area (Å²) >= 11 is 3.26. The van der Waals surface area contributed by atoms with E-state index in [9.17, 15) is 15.0 Å². The van der Waals surface area contributed by atoms with E-state index in [0.29, 0.717) is 19.4 Å². The molecule has 0 rings (SSSR count). The molecule has 0 bridgehead atoms. The minimum absolute atomic E-state index is 0.358. The van der Waals surface area contributed by atoms with Crippen molar-refractivity contribution >= 4 is 29.5 Å². The summed E-state index contributed by atoms with van der Waals surface area (Å²) in [7, 11) is 0. The van der Waals surface area contributed by atoms with E-state index in [4.69, 9.17) is 4.74 Å². The van der Waals surface area contributed by atoms with Crippen molar-refractivity contribution in [1.29, 1.82) is 0 Å². The first kappa shape index (κ1) is 30.1. The van der Waals surface area contributed by atoms with Gasteiger partial charge in [-0.2, -0.15) is 23.5 Å². The molecule has 0 aliphatic heterocycles. The zero-order valence-corrected chi connectivity index (χ0v) is 21.4. The third-order valence-electron chi connectivity index (χ3n) is 5.60. The second kappa shape index (κ2) is 22.3. The third-order valence-corrected chi connectivity index (χ3v) is 6.89. The maximum absolute atomic E-state index is 12.5. The number of esters is 1. The molecule has 0 saturated heterocycles. The zero-order valence-electron chi connectivity index (χ0n) is 19.8. The number of rotatable bonds is 22. The van der Waals surface area contributed by atoms with Crippen LogP contribution >= 0.6 is 23.5 Å². The van der Waals surface area contributed by atoms with E-state index in [0.717, 1.165) is 24.3 Å². The smallest absolute Gasteiger partial charge is 0.311 e. The van der Waals surface area contributed by atoms with Gasteiger partial charge in [0.05, 0.1) is 24.7 Å². The lowest BCUT2D eigenvalue weighted by atomic mass is 9.94. The van der Waals surface area contributed by atoms with Crippen molar-refractivity contribution in [3.8, 4) is 0 Å². The van der Waals surface area contributed by atoms with Crippen molar-refractivity contribution in [3.63, 3.8) is 0 Å². The predicted octanol–water partition coefficient (Wildman–Crippen LogP) is 6.07. The van der Waals surface area contributed by atoms with E-state index < -0.39 is 18.1 Å². The van der Waals surface area contributed by atoms with Crippen LogP contribution in [0.1, 0.15) is 96.8 Å². The molecule has 0 aromatic carbocycles. The molecule has 0 saturated carbocycles. The number of hydrogen-bond acceptors (Lipinski definition) is 6. The van der Waals surface area contributed by atoms with Gasteiger partial charge in [0.1, 0.15) is 0 Å². The van der Waals surface area contributed by atoms with Crippen LogP contribution in [0.25, 0.3) is 0 Å². The molecule has 180 valence electrons. The van der Waals surface area contributed by atoms with Crippen LogP contribution in [0.3, 0.4) is 0 Å². The molecule has 0 fully saturated rings. The molecule has 0 aromatic heterocycles. The predicted molar refractivity (Wildman–Crippen MR) is 134 cm³/mol. The summed E-state index contributed by atoms with van der Waals surface area (Å²) in [5.41, 5.74) is 0. The molecule has 0 aliphatic rings. The zero-order chi connectivity index (χ0) is 22.5. The number of aliphatic hydroxyl groups is 2. The SMILES string of the molecule is CCCCCCCCCCCCCCOC(=O)C(CCSC)C(O)C(O)CCSC. The quantitative estimate of drug-likeness (QED) is 0.150. The van der Waals surface area contributed by atoms with Crippen LogP contribution < -0.4 is 0 Å². The molecular weight excluding hydrogens is 416 g/mol. The summed E-state index contributed by atoms with van der Waals surface area (Å²) in [6.45, 7) is 2.67. The van der Waals surface area contributed by atoms with Crippen molar-refractivity contribution in [2.45, 2.75) is 109 Å². The standard InChI is InChI=1S/C24H48O4S2/c1-4-5-6-7-8-9-10-11-12-13-14-15-18-28-24(27)21(16-19-29-2)23(26)22(25)17-20-30-3/h21-23,25-26H,4-20H2,1-3H3. The average molecular weight is 465 g/mol. The van der Waals surface area contributed by atoms with Crippen molar-refractivity contribution in [2.24, 2.45) is 5.92 Å². The number of carbonyl (C=O) groups excluding carboxylic acids is 1. The first-order valence-electron chi connectivity index (χ1n) is 12.1. The molecule has 0 radical (unpaired) electrons. The Bertz CT molecular complexity index is 382. The molecular formula is C24H48O4S2. The molecule has 0 heterocycles. The van der Waals surface area contributed by atoms with Crippen molar-refractivity contribution in [3.05, 3.63) is 0 Å². The largest absolute Gasteiger partial charge is 0.465 e. The minimum atomic E-state index is -1.04. The number of thioether (sulfide) groups is 2. The van der Waals surface area contributed by atoms with Crippen LogP contribution in [0.15, 0.2) is 0 Å². The first-order chi connectivity index (χ1) is 14.6. The summed E-state index contributed by atoms with van der Waals surface area (Å²) < 4.78 is 5.44. The lowest BCUT2D eigenvalue weighted by Gasteiger charge is -2.25. The highest BCUT2D eigenvalue weighted by Gasteiger charge is 2.32. The van der Waals surface area contributed by atoms with Crippen molar-refractivity contribution in [2.75, 3.05) is 30.6 Å². The summed E-state index contributed by atoms with van der Waals surface area (Å²) in [6, 6.07) is 0. The van der Waals surface area contributed by atoms with E-state index in [1.807, 2.05) is 12.5 Å². The fourth-order valence-electron chi connectivity index (χ4n) is 3.57. The lowest BCUT2D eigenvalue weighted by molar-refractivity contribution is -0.156. The second-order valence-corrected chi connectivity index (χ2v) is 10.3. The number of carbonyl (C=O) groups is 1. The Labute approximate surface area is 194 Å². The Morgan fingerprint density at radius 2 is 1.23 bits per heavy atom. The molecule has 0 aliphatic carbocycles. The van der Waals surface area contributed by atoms with E-state index in [-0.39, 0.29) is 5.97 Å². The molecule has 6 heteroatoms. The van der Waals surface area contributed by atoms with Crippen molar-refractivity contribution < 1.29 is 19.7 Å².